The molecule has 0 spiro atoms. The van der Waals surface area contributed by atoms with E-state index in [0.717, 1.165) is 30.2 Å². The standard InChI is InChI=1S/C14H19N5S/c1-2-12-13(18-15)16-9-17-14(12)19(10-5-6-10)8-11-4-3-7-20-11/h3-4,7,9-10H,2,5-6,8,15H2,1H3,(H,16,17,18). The van der Waals surface area contributed by atoms with Crippen LogP contribution < -0.4 is 16.2 Å². The molecule has 2 aromatic rings. The van der Waals surface area contributed by atoms with Crippen molar-refractivity contribution in [1.82, 2.24) is 9.97 Å². The van der Waals surface area contributed by atoms with Gasteiger partial charge in [-0.05, 0) is 30.7 Å². The van der Waals surface area contributed by atoms with Crippen LogP contribution >= 0.6 is 11.3 Å². The van der Waals surface area contributed by atoms with Crippen molar-refractivity contribution >= 4 is 23.0 Å². The molecule has 3 N–H and O–H groups in total. The summed E-state index contributed by atoms with van der Waals surface area (Å²) in [5.41, 5.74) is 3.78. The number of nitrogen functional groups attached to an aromatic ring is 1. The highest BCUT2D eigenvalue weighted by Crippen LogP contribution is 2.35. The van der Waals surface area contributed by atoms with Crippen LogP contribution in [-0.2, 0) is 13.0 Å². The summed E-state index contributed by atoms with van der Waals surface area (Å²) in [6.07, 6.45) is 4.94. The van der Waals surface area contributed by atoms with Crippen molar-refractivity contribution in [2.24, 2.45) is 5.84 Å². The fourth-order valence-corrected chi connectivity index (χ4v) is 3.14. The molecule has 0 radical (unpaired) electrons. The van der Waals surface area contributed by atoms with Gasteiger partial charge in [-0.15, -0.1) is 11.3 Å². The smallest absolute Gasteiger partial charge is 0.148 e. The highest BCUT2D eigenvalue weighted by Gasteiger charge is 2.32. The topological polar surface area (TPSA) is 67.1 Å². The number of rotatable bonds is 6. The van der Waals surface area contributed by atoms with Crippen LogP contribution in [0.1, 0.15) is 30.2 Å². The van der Waals surface area contributed by atoms with Crippen molar-refractivity contribution in [3.05, 3.63) is 34.3 Å². The molecule has 0 amide bonds. The highest BCUT2D eigenvalue weighted by molar-refractivity contribution is 7.09. The molecule has 0 bridgehead atoms. The molecule has 0 atom stereocenters. The maximum atomic E-state index is 5.57. The molecule has 20 heavy (non-hydrogen) atoms. The lowest BCUT2D eigenvalue weighted by Gasteiger charge is -2.25. The predicted molar refractivity (Wildman–Crippen MR) is 82.7 cm³/mol. The molecule has 1 aliphatic rings. The Kier molecular flexibility index (Phi) is 3.84. The van der Waals surface area contributed by atoms with Crippen molar-refractivity contribution in [1.29, 1.82) is 0 Å². The zero-order valence-corrected chi connectivity index (χ0v) is 12.4. The number of nitrogens with zero attached hydrogens (tertiary/aromatic N) is 3. The van der Waals surface area contributed by atoms with Crippen LogP contribution in [0.3, 0.4) is 0 Å². The van der Waals surface area contributed by atoms with Gasteiger partial charge >= 0.3 is 0 Å². The summed E-state index contributed by atoms with van der Waals surface area (Å²) >= 11 is 1.79. The SMILES string of the molecule is CCc1c(NN)ncnc1N(Cc1cccs1)C1CC1. The van der Waals surface area contributed by atoms with E-state index in [4.69, 9.17) is 5.84 Å². The minimum absolute atomic E-state index is 0.600. The summed E-state index contributed by atoms with van der Waals surface area (Å²) in [5.74, 6) is 7.32. The number of nitrogens with two attached hydrogens (primary N) is 1. The van der Waals surface area contributed by atoms with E-state index in [9.17, 15) is 0 Å². The van der Waals surface area contributed by atoms with Gasteiger partial charge in [-0.25, -0.2) is 15.8 Å². The van der Waals surface area contributed by atoms with E-state index in [1.165, 1.54) is 17.7 Å². The Morgan fingerprint density at radius 2 is 2.30 bits per heavy atom. The van der Waals surface area contributed by atoms with Crippen LogP contribution in [0.4, 0.5) is 11.6 Å². The summed E-state index contributed by atoms with van der Waals surface area (Å²) in [5, 5.41) is 2.12. The number of hydrogen-bond acceptors (Lipinski definition) is 6. The summed E-state index contributed by atoms with van der Waals surface area (Å²) in [6, 6.07) is 4.87. The first kappa shape index (κ1) is 13.3. The van der Waals surface area contributed by atoms with E-state index in [1.54, 1.807) is 17.7 Å². The van der Waals surface area contributed by atoms with Crippen molar-refractivity contribution in [2.75, 3.05) is 10.3 Å². The Morgan fingerprint density at radius 3 is 2.90 bits per heavy atom. The second-order valence-electron chi connectivity index (χ2n) is 4.96. The maximum absolute atomic E-state index is 5.57. The van der Waals surface area contributed by atoms with Crippen molar-refractivity contribution in [3.63, 3.8) is 0 Å². The van der Waals surface area contributed by atoms with Crippen LogP contribution in [0.15, 0.2) is 23.8 Å². The molecule has 3 rings (SSSR count). The quantitative estimate of drug-likeness (QED) is 0.632. The minimum atomic E-state index is 0.600. The number of aromatic nitrogens is 2. The van der Waals surface area contributed by atoms with E-state index in [1.807, 2.05) is 0 Å². The lowest BCUT2D eigenvalue weighted by atomic mass is 10.2. The zero-order chi connectivity index (χ0) is 13.9. The molecule has 5 nitrogen and oxygen atoms in total. The molecular weight excluding hydrogens is 270 g/mol. The Labute approximate surface area is 122 Å². The van der Waals surface area contributed by atoms with Crippen LogP contribution in [0.2, 0.25) is 0 Å². The Bertz CT molecular complexity index is 565. The number of nitrogens with one attached hydrogen (secondary N) is 1. The van der Waals surface area contributed by atoms with Crippen LogP contribution in [-0.4, -0.2) is 16.0 Å². The first-order chi connectivity index (χ1) is 9.83. The van der Waals surface area contributed by atoms with Crippen LogP contribution in [0.5, 0.6) is 0 Å². The van der Waals surface area contributed by atoms with Gasteiger partial charge in [0.25, 0.3) is 0 Å². The largest absolute Gasteiger partial charge is 0.348 e. The predicted octanol–water partition coefficient (Wildman–Crippen LogP) is 2.56. The summed E-state index contributed by atoms with van der Waals surface area (Å²) in [4.78, 5) is 12.5. The molecule has 1 fully saturated rings. The summed E-state index contributed by atoms with van der Waals surface area (Å²) in [6.45, 7) is 3.02. The number of hydrazine groups is 1. The molecule has 0 unspecified atom stereocenters. The van der Waals surface area contributed by atoms with Crippen molar-refractivity contribution in [3.8, 4) is 0 Å². The average Bonchev–Trinajstić information content (AvgIpc) is 3.20. The Balaban J connectivity index is 1.95. The van der Waals surface area contributed by atoms with Gasteiger partial charge in [0.1, 0.15) is 18.0 Å². The average molecular weight is 289 g/mol. The van der Waals surface area contributed by atoms with Gasteiger partial charge in [-0.2, -0.15) is 0 Å². The molecule has 2 aromatic heterocycles. The normalized spacial score (nSPS) is 14.3. The second kappa shape index (κ2) is 5.76. The lowest BCUT2D eigenvalue weighted by molar-refractivity contribution is 0.773. The van der Waals surface area contributed by atoms with Gasteiger partial charge < -0.3 is 10.3 Å². The zero-order valence-electron chi connectivity index (χ0n) is 11.5. The minimum Gasteiger partial charge on any atom is -0.348 e. The van der Waals surface area contributed by atoms with Crippen LogP contribution in [0, 0.1) is 0 Å². The van der Waals surface area contributed by atoms with Gasteiger partial charge in [0.05, 0.1) is 6.54 Å². The third-order valence-electron chi connectivity index (χ3n) is 3.58. The third kappa shape index (κ3) is 2.62. The van der Waals surface area contributed by atoms with Crippen molar-refractivity contribution in [2.45, 2.75) is 38.8 Å². The lowest BCUT2D eigenvalue weighted by Crippen LogP contribution is -2.27. The fourth-order valence-electron chi connectivity index (χ4n) is 2.43. The first-order valence-corrected chi connectivity index (χ1v) is 7.81. The Hall–Kier alpha value is -1.66. The molecule has 1 aliphatic carbocycles. The van der Waals surface area contributed by atoms with E-state index < -0.39 is 0 Å². The maximum Gasteiger partial charge on any atom is 0.148 e. The summed E-state index contributed by atoms with van der Waals surface area (Å²) in [7, 11) is 0. The summed E-state index contributed by atoms with van der Waals surface area (Å²) < 4.78 is 0. The molecule has 6 heteroatoms. The molecule has 0 saturated heterocycles. The molecule has 0 aliphatic heterocycles. The van der Waals surface area contributed by atoms with Gasteiger partial charge in [-0.1, -0.05) is 13.0 Å². The highest BCUT2D eigenvalue weighted by atomic mass is 32.1. The number of hydrogen-bond donors (Lipinski definition) is 2. The van der Waals surface area contributed by atoms with Crippen molar-refractivity contribution < 1.29 is 0 Å². The van der Waals surface area contributed by atoms with E-state index in [-0.39, 0.29) is 0 Å². The first-order valence-electron chi connectivity index (χ1n) is 6.93. The van der Waals surface area contributed by atoms with E-state index in [2.05, 4.69) is 44.7 Å². The van der Waals surface area contributed by atoms with Crippen LogP contribution in [0.25, 0.3) is 0 Å². The third-order valence-corrected chi connectivity index (χ3v) is 4.44. The molecule has 2 heterocycles. The van der Waals surface area contributed by atoms with Gasteiger partial charge in [0.2, 0.25) is 0 Å². The molecule has 106 valence electrons. The monoisotopic (exact) mass is 289 g/mol. The molecule has 0 aromatic carbocycles. The number of anilines is 2. The Morgan fingerprint density at radius 1 is 1.45 bits per heavy atom. The molecular formula is C14H19N5S. The fraction of sp³-hybridized carbons (Fsp3) is 0.429. The van der Waals surface area contributed by atoms with Gasteiger partial charge in [0.15, 0.2) is 0 Å². The van der Waals surface area contributed by atoms with Gasteiger partial charge in [0, 0.05) is 16.5 Å². The second-order valence-corrected chi connectivity index (χ2v) is 5.99. The number of thiophene rings is 1. The van der Waals surface area contributed by atoms with E-state index in [0.29, 0.717) is 6.04 Å². The molecule has 1 saturated carbocycles. The van der Waals surface area contributed by atoms with E-state index >= 15 is 0 Å². The van der Waals surface area contributed by atoms with Gasteiger partial charge in [-0.3, -0.25) is 0 Å².